The molecule has 2 rings (SSSR count). The van der Waals surface area contributed by atoms with Gasteiger partial charge in [0.2, 0.25) is 0 Å². The van der Waals surface area contributed by atoms with Crippen molar-refractivity contribution < 1.29 is 4.39 Å². The summed E-state index contributed by atoms with van der Waals surface area (Å²) in [6, 6.07) is 13.9. The minimum absolute atomic E-state index is 0.327. The Morgan fingerprint density at radius 2 is 1.85 bits per heavy atom. The molecule has 4 heteroatoms. The Bertz CT molecular complexity index is 646. The number of hydrogen-bond acceptors (Lipinski definition) is 3. The maximum atomic E-state index is 13.3. The molecule has 0 aromatic heterocycles. The van der Waals surface area contributed by atoms with Crippen molar-refractivity contribution in [1.82, 2.24) is 4.90 Å². The first-order valence-corrected chi connectivity index (χ1v) is 6.30. The summed E-state index contributed by atoms with van der Waals surface area (Å²) in [5, 5.41) is 9.05. The van der Waals surface area contributed by atoms with Gasteiger partial charge in [-0.2, -0.15) is 5.26 Å². The highest BCUT2D eigenvalue weighted by Crippen LogP contribution is 2.16. The van der Waals surface area contributed by atoms with Crippen molar-refractivity contribution in [2.45, 2.75) is 13.1 Å². The van der Waals surface area contributed by atoms with Crippen molar-refractivity contribution in [1.29, 1.82) is 5.26 Å². The van der Waals surface area contributed by atoms with Crippen molar-refractivity contribution in [3.8, 4) is 6.07 Å². The molecule has 2 aromatic rings. The number of anilines is 1. The van der Waals surface area contributed by atoms with Gasteiger partial charge in [-0.15, -0.1) is 0 Å². The summed E-state index contributed by atoms with van der Waals surface area (Å²) in [6.07, 6.45) is 0. The van der Waals surface area contributed by atoms with E-state index in [2.05, 4.69) is 6.07 Å². The fourth-order valence-corrected chi connectivity index (χ4v) is 2.12. The van der Waals surface area contributed by atoms with Crippen LogP contribution in [0.4, 0.5) is 10.1 Å². The van der Waals surface area contributed by atoms with Crippen molar-refractivity contribution in [3.63, 3.8) is 0 Å². The second-order valence-corrected chi connectivity index (χ2v) is 4.78. The molecule has 0 atom stereocenters. The van der Waals surface area contributed by atoms with E-state index in [1.165, 1.54) is 18.2 Å². The first-order valence-electron chi connectivity index (χ1n) is 6.30. The summed E-state index contributed by atoms with van der Waals surface area (Å²) in [7, 11) is 1.92. The van der Waals surface area contributed by atoms with Gasteiger partial charge in [-0.05, 0) is 42.4 Å². The Balaban J connectivity index is 2.13. The third-order valence-electron chi connectivity index (χ3n) is 3.12. The molecule has 0 saturated heterocycles. The van der Waals surface area contributed by atoms with Crippen LogP contribution in [0.3, 0.4) is 0 Å². The van der Waals surface area contributed by atoms with Crippen molar-refractivity contribution >= 4 is 5.69 Å². The molecule has 0 radical (unpaired) electrons. The molecule has 0 saturated carbocycles. The standard InChI is InChI=1S/C16H16FN3/c1-20(10-13-4-2-3-5-16(13)19)11-14-8-15(17)7-6-12(14)9-18/h2-8H,10-11,19H2,1H3. The van der Waals surface area contributed by atoms with E-state index in [0.717, 1.165) is 11.3 Å². The Labute approximate surface area is 118 Å². The number of rotatable bonds is 4. The van der Waals surface area contributed by atoms with Crippen molar-refractivity contribution in [3.05, 3.63) is 65.0 Å². The molecule has 3 nitrogen and oxygen atoms in total. The summed E-state index contributed by atoms with van der Waals surface area (Å²) in [6.45, 7) is 1.14. The van der Waals surface area contributed by atoms with Gasteiger partial charge in [-0.1, -0.05) is 18.2 Å². The van der Waals surface area contributed by atoms with Gasteiger partial charge >= 0.3 is 0 Å². The van der Waals surface area contributed by atoms with Crippen LogP contribution in [0.15, 0.2) is 42.5 Å². The molecular weight excluding hydrogens is 253 g/mol. The highest BCUT2D eigenvalue weighted by Gasteiger charge is 2.08. The number of hydrogen-bond donors (Lipinski definition) is 1. The van der Waals surface area contributed by atoms with Gasteiger partial charge in [-0.25, -0.2) is 4.39 Å². The van der Waals surface area contributed by atoms with Crippen LogP contribution >= 0.6 is 0 Å². The third kappa shape index (κ3) is 3.34. The van der Waals surface area contributed by atoms with E-state index < -0.39 is 0 Å². The first-order chi connectivity index (χ1) is 9.60. The fraction of sp³-hybridized carbons (Fsp3) is 0.188. The van der Waals surface area contributed by atoms with E-state index in [4.69, 9.17) is 11.0 Å². The molecule has 0 aliphatic carbocycles. The predicted molar refractivity (Wildman–Crippen MR) is 77.1 cm³/mol. The summed E-state index contributed by atoms with van der Waals surface area (Å²) in [4.78, 5) is 2.00. The topological polar surface area (TPSA) is 53.0 Å². The lowest BCUT2D eigenvalue weighted by atomic mass is 10.1. The van der Waals surface area contributed by atoms with Gasteiger partial charge in [0.15, 0.2) is 0 Å². The number of nitrogens with two attached hydrogens (primary N) is 1. The summed E-state index contributed by atoms with van der Waals surface area (Å²) in [5.74, 6) is -0.327. The highest BCUT2D eigenvalue weighted by atomic mass is 19.1. The van der Waals surface area contributed by atoms with Crippen LogP contribution < -0.4 is 5.73 Å². The van der Waals surface area contributed by atoms with Crippen molar-refractivity contribution in [2.24, 2.45) is 0 Å². The lowest BCUT2D eigenvalue weighted by Crippen LogP contribution is -2.18. The molecule has 0 spiro atoms. The number of nitrogens with zero attached hydrogens (tertiary/aromatic N) is 2. The summed E-state index contributed by atoms with van der Waals surface area (Å²) < 4.78 is 13.3. The number of halogens is 1. The molecule has 0 unspecified atom stereocenters. The Morgan fingerprint density at radius 3 is 2.55 bits per heavy atom. The largest absolute Gasteiger partial charge is 0.398 e. The van der Waals surface area contributed by atoms with Crippen LogP contribution in [-0.2, 0) is 13.1 Å². The Kier molecular flexibility index (Phi) is 4.34. The van der Waals surface area contributed by atoms with E-state index in [9.17, 15) is 4.39 Å². The maximum absolute atomic E-state index is 13.3. The number of nitrogen functional groups attached to an aromatic ring is 1. The van der Waals surface area contributed by atoms with Crippen LogP contribution in [-0.4, -0.2) is 11.9 Å². The lowest BCUT2D eigenvalue weighted by molar-refractivity contribution is 0.319. The first kappa shape index (κ1) is 14.0. The van der Waals surface area contributed by atoms with Gasteiger partial charge in [0, 0.05) is 18.8 Å². The van der Waals surface area contributed by atoms with Crippen LogP contribution in [0.25, 0.3) is 0 Å². The average molecular weight is 269 g/mol. The zero-order valence-electron chi connectivity index (χ0n) is 11.3. The molecule has 0 bridgehead atoms. The summed E-state index contributed by atoms with van der Waals surface area (Å²) >= 11 is 0. The molecular formula is C16H16FN3. The quantitative estimate of drug-likeness (QED) is 0.868. The molecule has 0 aliphatic rings. The van der Waals surface area contributed by atoms with Gasteiger partial charge in [0.25, 0.3) is 0 Å². The van der Waals surface area contributed by atoms with Gasteiger partial charge in [-0.3, -0.25) is 4.90 Å². The zero-order valence-corrected chi connectivity index (χ0v) is 11.3. The molecule has 0 aliphatic heterocycles. The second-order valence-electron chi connectivity index (χ2n) is 4.78. The Morgan fingerprint density at radius 1 is 1.15 bits per heavy atom. The van der Waals surface area contributed by atoms with E-state index in [-0.39, 0.29) is 5.82 Å². The predicted octanol–water partition coefficient (Wildman–Crippen LogP) is 2.91. The molecule has 2 aromatic carbocycles. The molecule has 2 N–H and O–H groups in total. The monoisotopic (exact) mass is 269 g/mol. The average Bonchev–Trinajstić information content (AvgIpc) is 2.41. The van der Waals surface area contributed by atoms with Gasteiger partial charge < -0.3 is 5.73 Å². The van der Waals surface area contributed by atoms with Crippen LogP contribution in [0, 0.1) is 17.1 Å². The minimum atomic E-state index is -0.327. The maximum Gasteiger partial charge on any atom is 0.123 e. The highest BCUT2D eigenvalue weighted by molar-refractivity contribution is 5.46. The number of benzene rings is 2. The normalized spacial score (nSPS) is 10.5. The second kappa shape index (κ2) is 6.18. The SMILES string of the molecule is CN(Cc1ccccc1N)Cc1cc(F)ccc1C#N. The zero-order chi connectivity index (χ0) is 14.5. The number of nitriles is 1. The minimum Gasteiger partial charge on any atom is -0.398 e. The van der Waals surface area contributed by atoms with Crippen LogP contribution in [0.5, 0.6) is 0 Å². The fourth-order valence-electron chi connectivity index (χ4n) is 2.12. The molecule has 0 fully saturated rings. The molecule has 102 valence electrons. The Hall–Kier alpha value is -2.38. The van der Waals surface area contributed by atoms with E-state index in [0.29, 0.717) is 24.2 Å². The molecule has 0 heterocycles. The lowest BCUT2D eigenvalue weighted by Gasteiger charge is -2.18. The van der Waals surface area contributed by atoms with E-state index >= 15 is 0 Å². The van der Waals surface area contributed by atoms with Gasteiger partial charge in [0.1, 0.15) is 5.82 Å². The summed E-state index contributed by atoms with van der Waals surface area (Å²) in [5.41, 5.74) is 8.84. The van der Waals surface area contributed by atoms with E-state index in [1.54, 1.807) is 0 Å². The third-order valence-corrected chi connectivity index (χ3v) is 3.12. The van der Waals surface area contributed by atoms with Gasteiger partial charge in [0.05, 0.1) is 11.6 Å². The van der Waals surface area contributed by atoms with E-state index in [1.807, 2.05) is 36.2 Å². The van der Waals surface area contributed by atoms with Crippen LogP contribution in [0.2, 0.25) is 0 Å². The molecule has 0 amide bonds. The van der Waals surface area contributed by atoms with Crippen LogP contribution in [0.1, 0.15) is 16.7 Å². The molecule has 20 heavy (non-hydrogen) atoms. The van der Waals surface area contributed by atoms with Crippen molar-refractivity contribution in [2.75, 3.05) is 12.8 Å². The smallest absolute Gasteiger partial charge is 0.123 e. The number of para-hydroxylation sites is 1.